The highest BCUT2D eigenvalue weighted by atomic mass is 79.9. The van der Waals surface area contributed by atoms with E-state index in [1.54, 1.807) is 24.3 Å². The van der Waals surface area contributed by atoms with Crippen molar-refractivity contribution in [3.8, 4) is 0 Å². The van der Waals surface area contributed by atoms with E-state index in [0.717, 1.165) is 18.4 Å². The van der Waals surface area contributed by atoms with Crippen LogP contribution in [-0.4, -0.2) is 13.4 Å². The van der Waals surface area contributed by atoms with Crippen molar-refractivity contribution in [3.05, 3.63) is 52.8 Å². The van der Waals surface area contributed by atoms with Gasteiger partial charge in [0.1, 0.15) is 4.60 Å². The van der Waals surface area contributed by atoms with Gasteiger partial charge in [0.25, 0.3) is 10.0 Å². The molecule has 0 unspecified atom stereocenters. The Hall–Kier alpha value is -1.40. The van der Waals surface area contributed by atoms with Gasteiger partial charge in [0, 0.05) is 0 Å². The Kier molecular flexibility index (Phi) is 4.77. The molecule has 20 heavy (non-hydrogen) atoms. The van der Waals surface area contributed by atoms with Crippen LogP contribution in [0.2, 0.25) is 0 Å². The van der Waals surface area contributed by atoms with Gasteiger partial charge >= 0.3 is 0 Å². The molecule has 0 aliphatic rings. The van der Waals surface area contributed by atoms with Crippen molar-refractivity contribution in [2.75, 3.05) is 4.72 Å². The van der Waals surface area contributed by atoms with Crippen molar-refractivity contribution in [2.45, 2.75) is 24.7 Å². The molecule has 0 bridgehead atoms. The number of halogens is 1. The Morgan fingerprint density at radius 1 is 1.15 bits per heavy atom. The van der Waals surface area contributed by atoms with Gasteiger partial charge in [-0.3, -0.25) is 4.72 Å². The molecule has 1 N–H and O–H groups in total. The van der Waals surface area contributed by atoms with E-state index in [-0.39, 0.29) is 4.90 Å². The summed E-state index contributed by atoms with van der Waals surface area (Å²) in [5.74, 6) is 0. The van der Waals surface area contributed by atoms with Crippen molar-refractivity contribution >= 4 is 31.6 Å². The van der Waals surface area contributed by atoms with Crippen molar-refractivity contribution in [3.63, 3.8) is 0 Å². The molecular formula is C14H15BrN2O2S. The topological polar surface area (TPSA) is 59.1 Å². The summed E-state index contributed by atoms with van der Waals surface area (Å²) in [6.45, 7) is 2.09. The maximum atomic E-state index is 12.2. The molecule has 0 atom stereocenters. The van der Waals surface area contributed by atoms with Crippen LogP contribution in [0.4, 0.5) is 5.69 Å². The largest absolute Gasteiger partial charge is 0.278 e. The minimum atomic E-state index is -3.56. The summed E-state index contributed by atoms with van der Waals surface area (Å²) in [7, 11) is -3.56. The molecular weight excluding hydrogens is 340 g/mol. The Balaban J connectivity index is 2.19. The molecule has 2 rings (SSSR count). The monoisotopic (exact) mass is 354 g/mol. The summed E-state index contributed by atoms with van der Waals surface area (Å²) in [6, 6.07) is 10.3. The minimum absolute atomic E-state index is 0.250. The van der Waals surface area contributed by atoms with Gasteiger partial charge in [0.2, 0.25) is 0 Å². The number of anilines is 1. The van der Waals surface area contributed by atoms with Crippen molar-refractivity contribution in [1.29, 1.82) is 0 Å². The number of rotatable bonds is 5. The van der Waals surface area contributed by atoms with Crippen LogP contribution in [0.3, 0.4) is 0 Å². The lowest BCUT2D eigenvalue weighted by molar-refractivity contribution is 0.601. The Morgan fingerprint density at radius 3 is 2.40 bits per heavy atom. The normalized spacial score (nSPS) is 11.3. The second-order valence-corrected chi connectivity index (χ2v) is 6.86. The molecule has 4 nitrogen and oxygen atoms in total. The van der Waals surface area contributed by atoms with E-state index in [1.807, 2.05) is 12.1 Å². The number of aryl methyl sites for hydroxylation is 1. The Morgan fingerprint density at radius 2 is 1.85 bits per heavy atom. The van der Waals surface area contributed by atoms with E-state index in [4.69, 9.17) is 0 Å². The number of benzene rings is 1. The third kappa shape index (κ3) is 3.80. The second kappa shape index (κ2) is 6.37. The van der Waals surface area contributed by atoms with E-state index in [9.17, 15) is 8.42 Å². The molecule has 0 saturated carbocycles. The van der Waals surface area contributed by atoms with Crippen LogP contribution in [0.1, 0.15) is 18.9 Å². The van der Waals surface area contributed by atoms with Gasteiger partial charge in [0.05, 0.1) is 16.8 Å². The molecule has 1 aromatic carbocycles. The molecule has 2 aromatic rings. The van der Waals surface area contributed by atoms with Gasteiger partial charge in [-0.05, 0) is 52.2 Å². The number of nitrogens with one attached hydrogen (secondary N) is 1. The Labute approximate surface area is 127 Å². The molecule has 1 heterocycles. The molecule has 0 spiro atoms. The third-order valence-corrected chi connectivity index (χ3v) is 4.62. The van der Waals surface area contributed by atoms with Gasteiger partial charge in [-0.1, -0.05) is 25.5 Å². The van der Waals surface area contributed by atoms with Crippen LogP contribution in [0, 0.1) is 0 Å². The zero-order valence-corrected chi connectivity index (χ0v) is 13.4. The first-order valence-corrected chi connectivity index (χ1v) is 8.52. The quantitative estimate of drug-likeness (QED) is 0.834. The van der Waals surface area contributed by atoms with Crippen molar-refractivity contribution in [2.24, 2.45) is 0 Å². The zero-order chi connectivity index (χ0) is 14.6. The van der Waals surface area contributed by atoms with E-state index in [2.05, 4.69) is 32.6 Å². The van der Waals surface area contributed by atoms with Gasteiger partial charge in [0.15, 0.2) is 0 Å². The van der Waals surface area contributed by atoms with E-state index < -0.39 is 10.0 Å². The van der Waals surface area contributed by atoms with Gasteiger partial charge in [-0.15, -0.1) is 0 Å². The molecule has 0 fully saturated rings. The lowest BCUT2D eigenvalue weighted by Crippen LogP contribution is -2.13. The first-order valence-electron chi connectivity index (χ1n) is 6.24. The van der Waals surface area contributed by atoms with Crippen molar-refractivity contribution < 1.29 is 8.42 Å². The maximum absolute atomic E-state index is 12.2. The van der Waals surface area contributed by atoms with Crippen molar-refractivity contribution in [1.82, 2.24) is 4.98 Å². The summed E-state index contributed by atoms with van der Waals surface area (Å²) >= 11 is 3.20. The minimum Gasteiger partial charge on any atom is -0.278 e. The fraction of sp³-hybridized carbons (Fsp3) is 0.214. The lowest BCUT2D eigenvalue weighted by Gasteiger charge is -2.08. The highest BCUT2D eigenvalue weighted by molar-refractivity contribution is 9.10. The second-order valence-electron chi connectivity index (χ2n) is 4.37. The standard InChI is InChI=1S/C14H15BrN2O2S/c1-2-3-11-4-7-13(8-5-11)20(18,19)17-12-6-9-14(15)16-10-12/h4-10,17H,2-3H2,1H3. The van der Waals surface area contributed by atoms with Crippen LogP contribution < -0.4 is 4.72 Å². The van der Waals surface area contributed by atoms with Crippen LogP contribution in [0.5, 0.6) is 0 Å². The molecule has 0 radical (unpaired) electrons. The number of aromatic nitrogens is 1. The summed E-state index contributed by atoms with van der Waals surface area (Å²) in [6.07, 6.45) is 3.45. The summed E-state index contributed by atoms with van der Waals surface area (Å²) in [5.41, 5.74) is 1.57. The highest BCUT2D eigenvalue weighted by Crippen LogP contribution is 2.17. The zero-order valence-electron chi connectivity index (χ0n) is 11.0. The average molecular weight is 355 g/mol. The van der Waals surface area contributed by atoms with Crippen LogP contribution in [0.15, 0.2) is 52.1 Å². The predicted octanol–water partition coefficient (Wildman–Crippen LogP) is 3.60. The van der Waals surface area contributed by atoms with E-state index >= 15 is 0 Å². The average Bonchev–Trinajstić information content (AvgIpc) is 2.42. The van der Waals surface area contributed by atoms with Gasteiger partial charge in [-0.2, -0.15) is 0 Å². The number of nitrogens with zero attached hydrogens (tertiary/aromatic N) is 1. The van der Waals surface area contributed by atoms with Crippen LogP contribution in [0.25, 0.3) is 0 Å². The van der Waals surface area contributed by atoms with Gasteiger partial charge < -0.3 is 0 Å². The van der Waals surface area contributed by atoms with E-state index in [0.29, 0.717) is 10.3 Å². The SMILES string of the molecule is CCCc1ccc(S(=O)(=O)Nc2ccc(Br)nc2)cc1. The molecule has 0 amide bonds. The molecule has 0 aliphatic heterocycles. The van der Waals surface area contributed by atoms with Crippen LogP contribution in [-0.2, 0) is 16.4 Å². The maximum Gasteiger partial charge on any atom is 0.261 e. The fourth-order valence-electron chi connectivity index (χ4n) is 1.77. The first kappa shape index (κ1) is 15.0. The summed E-state index contributed by atoms with van der Waals surface area (Å²) < 4.78 is 27.6. The molecule has 0 aliphatic carbocycles. The third-order valence-electron chi connectivity index (χ3n) is 2.75. The number of pyridine rings is 1. The van der Waals surface area contributed by atoms with Crippen LogP contribution >= 0.6 is 15.9 Å². The summed E-state index contributed by atoms with van der Waals surface area (Å²) in [4.78, 5) is 4.24. The molecule has 1 aromatic heterocycles. The lowest BCUT2D eigenvalue weighted by atomic mass is 10.1. The van der Waals surface area contributed by atoms with Gasteiger partial charge in [-0.25, -0.2) is 13.4 Å². The number of hydrogen-bond donors (Lipinski definition) is 1. The summed E-state index contributed by atoms with van der Waals surface area (Å²) in [5, 5.41) is 0. The Bertz CT molecular complexity index is 667. The molecule has 6 heteroatoms. The number of hydrogen-bond acceptors (Lipinski definition) is 3. The molecule has 106 valence electrons. The highest BCUT2D eigenvalue weighted by Gasteiger charge is 2.14. The van der Waals surface area contributed by atoms with E-state index in [1.165, 1.54) is 6.20 Å². The first-order chi connectivity index (χ1) is 9.51. The fourth-order valence-corrected chi connectivity index (χ4v) is 3.05. The predicted molar refractivity (Wildman–Crippen MR) is 83.2 cm³/mol. The smallest absolute Gasteiger partial charge is 0.261 e. The molecule has 0 saturated heterocycles. The number of sulfonamides is 1.